The summed E-state index contributed by atoms with van der Waals surface area (Å²) in [4.78, 5) is 50.8. The number of aliphatic hydroxyl groups is 1. The van der Waals surface area contributed by atoms with Gasteiger partial charge in [-0.15, -0.1) is 0 Å². The quantitative estimate of drug-likeness (QED) is 0.336. The fourth-order valence-electron chi connectivity index (χ4n) is 7.14. The first kappa shape index (κ1) is 33.9. The third-order valence-electron chi connectivity index (χ3n) is 10.0. The number of hydrogen-bond acceptors (Lipinski definition) is 5. The Morgan fingerprint density at radius 2 is 1.73 bits per heavy atom. The summed E-state index contributed by atoms with van der Waals surface area (Å²) in [6.07, 6.45) is -1.44. The van der Waals surface area contributed by atoms with Gasteiger partial charge in [0.05, 0.1) is 28.8 Å². The summed E-state index contributed by atoms with van der Waals surface area (Å²) in [5.74, 6) is 0.401. The number of aryl methyl sites for hydroxylation is 1. The van der Waals surface area contributed by atoms with Gasteiger partial charge >= 0.3 is 6.18 Å². The van der Waals surface area contributed by atoms with Crippen LogP contribution in [0.2, 0.25) is 0 Å². The second kappa shape index (κ2) is 12.8. The summed E-state index contributed by atoms with van der Waals surface area (Å²) in [6.45, 7) is 7.87. The summed E-state index contributed by atoms with van der Waals surface area (Å²) >= 11 is 0. The molecule has 8 nitrogen and oxygen atoms in total. The molecule has 48 heavy (non-hydrogen) atoms. The molecule has 6 rings (SSSR count). The lowest BCUT2D eigenvalue weighted by Crippen LogP contribution is -2.39. The van der Waals surface area contributed by atoms with E-state index in [2.05, 4.69) is 50.0 Å². The lowest BCUT2D eigenvalue weighted by Gasteiger charge is -2.34. The number of rotatable bonds is 6. The van der Waals surface area contributed by atoms with E-state index in [0.717, 1.165) is 62.5 Å². The molecule has 1 aliphatic carbocycles. The van der Waals surface area contributed by atoms with E-state index in [-0.39, 0.29) is 35.5 Å². The van der Waals surface area contributed by atoms with Crippen molar-refractivity contribution in [2.75, 3.05) is 19.6 Å². The van der Waals surface area contributed by atoms with Crippen LogP contribution in [-0.4, -0.2) is 56.3 Å². The molecule has 256 valence electrons. The normalized spacial score (nSPS) is 19.0. The van der Waals surface area contributed by atoms with E-state index in [9.17, 15) is 32.7 Å². The molecule has 0 spiro atoms. The predicted octanol–water partition coefficient (Wildman–Crippen LogP) is 6.02. The van der Waals surface area contributed by atoms with Gasteiger partial charge in [-0.2, -0.15) is 13.2 Å². The number of aromatic nitrogens is 2. The van der Waals surface area contributed by atoms with Gasteiger partial charge in [0.15, 0.2) is 6.10 Å². The number of hydrogen-bond donors (Lipinski definition) is 2. The minimum Gasteiger partial charge on any atom is -0.378 e. The molecule has 2 fully saturated rings. The number of aromatic amines is 1. The van der Waals surface area contributed by atoms with E-state index >= 15 is 0 Å². The molecule has 0 unspecified atom stereocenters. The monoisotopic (exact) mass is 664 g/mol. The zero-order chi connectivity index (χ0) is 34.4. The van der Waals surface area contributed by atoms with E-state index < -0.39 is 29.2 Å². The minimum atomic E-state index is -4.61. The first-order chi connectivity index (χ1) is 22.6. The van der Waals surface area contributed by atoms with Crippen LogP contribution in [0.3, 0.4) is 0 Å². The van der Waals surface area contributed by atoms with Gasteiger partial charge in [-0.1, -0.05) is 57.2 Å². The minimum absolute atomic E-state index is 0.0411. The van der Waals surface area contributed by atoms with Crippen LogP contribution in [-0.2, 0) is 34.1 Å². The molecule has 3 aliphatic rings. The fraction of sp³-hybridized carbons (Fsp3) is 0.514. The number of alkyl halides is 3. The smallest absolute Gasteiger partial charge is 0.378 e. The van der Waals surface area contributed by atoms with Gasteiger partial charge in [-0.05, 0) is 78.7 Å². The second-order valence-corrected chi connectivity index (χ2v) is 14.8. The number of benzene rings is 2. The third kappa shape index (κ3) is 7.06. The van der Waals surface area contributed by atoms with Crippen LogP contribution in [0.25, 0.3) is 0 Å². The maximum atomic E-state index is 13.5. The molecule has 2 N–H and O–H groups in total. The van der Waals surface area contributed by atoms with E-state index in [0.29, 0.717) is 42.3 Å². The van der Waals surface area contributed by atoms with Gasteiger partial charge < -0.3 is 19.9 Å². The molecule has 1 aromatic heterocycles. The van der Waals surface area contributed by atoms with Gasteiger partial charge in [0.25, 0.3) is 11.5 Å². The summed E-state index contributed by atoms with van der Waals surface area (Å²) in [7, 11) is 0. The molecule has 0 radical (unpaired) electrons. The highest BCUT2D eigenvalue weighted by Crippen LogP contribution is 2.52. The van der Waals surface area contributed by atoms with Crippen molar-refractivity contribution in [3.8, 4) is 0 Å². The molecular weight excluding hydrogens is 621 g/mol. The Kier molecular flexibility index (Phi) is 9.04. The molecular formula is C37H43F3N4O4. The lowest BCUT2D eigenvalue weighted by atomic mass is 9.85. The summed E-state index contributed by atoms with van der Waals surface area (Å²) < 4.78 is 39.7. The van der Waals surface area contributed by atoms with Crippen molar-refractivity contribution >= 4 is 11.8 Å². The molecule has 1 atom stereocenters. The number of nitrogens with zero attached hydrogens (tertiary/aromatic N) is 3. The number of carbonyl (C=O) groups is 2. The lowest BCUT2D eigenvalue weighted by molar-refractivity contribution is -0.142. The van der Waals surface area contributed by atoms with Gasteiger partial charge in [0.2, 0.25) is 5.91 Å². The summed E-state index contributed by atoms with van der Waals surface area (Å²) in [5.41, 5.74) is 1.36. The number of likely N-dealkylation sites (tertiary alicyclic amines) is 1. The Labute approximate surface area is 278 Å². The van der Waals surface area contributed by atoms with Crippen LogP contribution < -0.4 is 5.56 Å². The van der Waals surface area contributed by atoms with Gasteiger partial charge in [-0.3, -0.25) is 14.4 Å². The zero-order valence-electron chi connectivity index (χ0n) is 27.7. The standard InChI is InChI=1S/C37H43F3N4O4/c1-35(2,3)21-30(45)43-17-12-23(13-18-43)24-7-4-9-26(19-24)36(14-15-36)34-41-29-11-6-16-44(22-28(29)32(47)42-34)33(48)31(46)25-8-5-10-27(20-25)37(38,39)40/h4-5,7-10,19-20,23,31,46H,6,11-18,21-22H2,1-3H3,(H,41,42,47)/t31-/m1/s1. The van der Waals surface area contributed by atoms with Crippen molar-refractivity contribution < 1.29 is 27.9 Å². The highest BCUT2D eigenvalue weighted by Gasteiger charge is 2.49. The fourth-order valence-corrected chi connectivity index (χ4v) is 7.14. The summed E-state index contributed by atoms with van der Waals surface area (Å²) in [5, 5.41) is 10.7. The van der Waals surface area contributed by atoms with Crippen molar-refractivity contribution in [3.63, 3.8) is 0 Å². The Morgan fingerprint density at radius 1 is 1.02 bits per heavy atom. The number of H-pyrrole nitrogens is 1. The Bertz CT molecular complexity index is 1750. The number of nitrogens with one attached hydrogen (secondary N) is 1. The molecule has 2 aromatic carbocycles. The maximum absolute atomic E-state index is 13.5. The molecule has 1 saturated heterocycles. The second-order valence-electron chi connectivity index (χ2n) is 14.8. The van der Waals surface area contributed by atoms with Gasteiger partial charge in [-0.25, -0.2) is 4.98 Å². The number of fused-ring (bicyclic) bond motifs is 1. The van der Waals surface area contributed by atoms with Gasteiger partial charge in [0, 0.05) is 26.1 Å². The largest absolute Gasteiger partial charge is 0.416 e. The zero-order valence-corrected chi connectivity index (χ0v) is 27.7. The van der Waals surface area contributed by atoms with Crippen LogP contribution in [0, 0.1) is 5.41 Å². The van der Waals surface area contributed by atoms with Crippen LogP contribution >= 0.6 is 0 Å². The highest BCUT2D eigenvalue weighted by molar-refractivity contribution is 5.82. The van der Waals surface area contributed by atoms with Crippen molar-refractivity contribution in [2.24, 2.45) is 5.41 Å². The average molecular weight is 665 g/mol. The number of piperidine rings is 1. The van der Waals surface area contributed by atoms with E-state index in [4.69, 9.17) is 4.98 Å². The number of carbonyl (C=O) groups excluding carboxylic acids is 2. The molecule has 2 amide bonds. The maximum Gasteiger partial charge on any atom is 0.416 e. The van der Waals surface area contributed by atoms with Crippen LogP contribution in [0.5, 0.6) is 0 Å². The first-order valence-electron chi connectivity index (χ1n) is 16.8. The van der Waals surface area contributed by atoms with E-state index in [1.807, 2.05) is 4.90 Å². The van der Waals surface area contributed by atoms with Crippen LogP contribution in [0.15, 0.2) is 53.3 Å². The average Bonchev–Trinajstić information content (AvgIpc) is 3.88. The molecule has 3 aromatic rings. The molecule has 1 saturated carbocycles. The van der Waals surface area contributed by atoms with Crippen molar-refractivity contribution in [2.45, 2.75) is 95.9 Å². The molecule has 3 heterocycles. The topological polar surface area (TPSA) is 107 Å². The highest BCUT2D eigenvalue weighted by atomic mass is 19.4. The Balaban J connectivity index is 1.17. The van der Waals surface area contributed by atoms with E-state index in [1.165, 1.54) is 16.5 Å². The van der Waals surface area contributed by atoms with Crippen molar-refractivity contribution in [1.29, 1.82) is 0 Å². The van der Waals surface area contributed by atoms with E-state index in [1.54, 1.807) is 0 Å². The molecule has 0 bridgehead atoms. The van der Waals surface area contributed by atoms with Crippen LogP contribution in [0.1, 0.15) is 111 Å². The molecule has 11 heteroatoms. The van der Waals surface area contributed by atoms with Crippen molar-refractivity contribution in [3.05, 3.63) is 98.2 Å². The van der Waals surface area contributed by atoms with Crippen molar-refractivity contribution in [1.82, 2.24) is 19.8 Å². The Morgan fingerprint density at radius 3 is 2.40 bits per heavy atom. The van der Waals surface area contributed by atoms with Gasteiger partial charge in [0.1, 0.15) is 5.82 Å². The number of halogens is 3. The summed E-state index contributed by atoms with van der Waals surface area (Å²) in [6, 6.07) is 12.6. The SMILES string of the molecule is CC(C)(C)CC(=O)N1CCC(c2cccc(C3(c4nc5c(c(=O)[nH]4)CN(C(=O)[C@H](O)c4cccc(C(F)(F)F)c4)CCC5)CC3)c2)CC1. The Hall–Kier alpha value is -3.99. The van der Waals surface area contributed by atoms with Crippen LogP contribution in [0.4, 0.5) is 13.2 Å². The predicted molar refractivity (Wildman–Crippen MR) is 174 cm³/mol. The number of amides is 2. The number of aliphatic hydroxyl groups excluding tert-OH is 1. The first-order valence-corrected chi connectivity index (χ1v) is 16.8. The molecule has 2 aliphatic heterocycles. The third-order valence-corrected chi connectivity index (χ3v) is 10.0.